The lowest BCUT2D eigenvalue weighted by Gasteiger charge is -2.24. The highest BCUT2D eigenvalue weighted by molar-refractivity contribution is 7.16. The Morgan fingerprint density at radius 3 is 2.85 bits per heavy atom. The van der Waals surface area contributed by atoms with Gasteiger partial charge >= 0.3 is 0 Å². The molecule has 2 aliphatic rings. The van der Waals surface area contributed by atoms with E-state index < -0.39 is 0 Å². The van der Waals surface area contributed by atoms with Crippen LogP contribution < -0.4 is 5.73 Å². The van der Waals surface area contributed by atoms with E-state index in [1.807, 2.05) is 6.33 Å². The second kappa shape index (κ2) is 4.88. The number of anilines is 1. The average molecular weight is 288 g/mol. The molecule has 2 aromatic rings. The van der Waals surface area contributed by atoms with E-state index >= 15 is 0 Å². The number of hydrogen-bond donors (Lipinski definition) is 1. The van der Waals surface area contributed by atoms with Crippen molar-refractivity contribution in [2.24, 2.45) is 0 Å². The molecule has 106 valence electrons. The van der Waals surface area contributed by atoms with E-state index in [2.05, 4.69) is 14.8 Å². The molecule has 0 bridgehead atoms. The molecule has 0 spiro atoms. The lowest BCUT2D eigenvalue weighted by Crippen LogP contribution is -2.13. The topological polar surface area (TPSA) is 56.7 Å². The van der Waals surface area contributed by atoms with Crippen LogP contribution in [0.1, 0.15) is 55.0 Å². The molecule has 20 heavy (non-hydrogen) atoms. The molecule has 2 heterocycles. The fourth-order valence-corrected chi connectivity index (χ4v) is 4.87. The first-order valence-electron chi connectivity index (χ1n) is 7.64. The minimum absolute atomic E-state index is 0.560. The largest absolute Gasteiger partial charge is 0.390 e. The van der Waals surface area contributed by atoms with Crippen LogP contribution in [0.4, 0.5) is 5.00 Å². The molecule has 0 unspecified atom stereocenters. The Morgan fingerprint density at radius 2 is 2.00 bits per heavy atom. The van der Waals surface area contributed by atoms with Crippen LogP contribution in [-0.4, -0.2) is 14.8 Å². The van der Waals surface area contributed by atoms with Crippen molar-refractivity contribution in [1.29, 1.82) is 0 Å². The number of fused-ring (bicyclic) bond motifs is 1. The van der Waals surface area contributed by atoms with Gasteiger partial charge in [-0.25, -0.2) is 0 Å². The Balaban J connectivity index is 1.78. The first-order chi connectivity index (χ1) is 9.84. The third-order valence-corrected chi connectivity index (χ3v) is 5.83. The quantitative estimate of drug-likeness (QED) is 0.919. The maximum Gasteiger partial charge on any atom is 0.167 e. The molecular formula is C15H20N4S. The van der Waals surface area contributed by atoms with Crippen LogP contribution in [0.25, 0.3) is 11.4 Å². The minimum atomic E-state index is 0.560. The number of nitrogens with two attached hydrogens (primary N) is 1. The summed E-state index contributed by atoms with van der Waals surface area (Å²) in [7, 11) is 0. The Morgan fingerprint density at radius 1 is 1.15 bits per heavy atom. The lowest BCUT2D eigenvalue weighted by atomic mass is 9.95. The van der Waals surface area contributed by atoms with E-state index in [9.17, 15) is 0 Å². The van der Waals surface area contributed by atoms with Gasteiger partial charge in [-0.2, -0.15) is 0 Å². The van der Waals surface area contributed by atoms with Gasteiger partial charge in [0.15, 0.2) is 5.82 Å². The van der Waals surface area contributed by atoms with Gasteiger partial charge in [0.05, 0.1) is 10.6 Å². The molecule has 5 heteroatoms. The maximum absolute atomic E-state index is 6.28. The molecule has 2 aromatic heterocycles. The van der Waals surface area contributed by atoms with E-state index in [-0.39, 0.29) is 0 Å². The molecule has 0 radical (unpaired) electrons. The molecule has 0 atom stereocenters. The van der Waals surface area contributed by atoms with Gasteiger partial charge in [-0.1, -0.05) is 19.3 Å². The summed E-state index contributed by atoms with van der Waals surface area (Å²) >= 11 is 1.75. The summed E-state index contributed by atoms with van der Waals surface area (Å²) in [5, 5.41) is 9.52. The number of aromatic nitrogens is 3. The zero-order valence-electron chi connectivity index (χ0n) is 11.6. The van der Waals surface area contributed by atoms with Gasteiger partial charge in [-0.15, -0.1) is 21.5 Å². The molecule has 2 aliphatic carbocycles. The Bertz CT molecular complexity index is 622. The van der Waals surface area contributed by atoms with Crippen LogP contribution in [-0.2, 0) is 12.8 Å². The van der Waals surface area contributed by atoms with Gasteiger partial charge in [0.25, 0.3) is 0 Å². The molecule has 2 N–H and O–H groups in total. The summed E-state index contributed by atoms with van der Waals surface area (Å²) < 4.78 is 2.29. The number of nitrogens with zero attached hydrogens (tertiary/aromatic N) is 3. The second-order valence-corrected chi connectivity index (χ2v) is 7.09. The van der Waals surface area contributed by atoms with Gasteiger partial charge in [-0.3, -0.25) is 0 Å². The van der Waals surface area contributed by atoms with Crippen molar-refractivity contribution in [2.75, 3.05) is 5.73 Å². The predicted molar refractivity (Wildman–Crippen MR) is 81.9 cm³/mol. The van der Waals surface area contributed by atoms with Gasteiger partial charge in [0.2, 0.25) is 0 Å². The van der Waals surface area contributed by atoms with Crippen LogP contribution in [0.3, 0.4) is 0 Å². The molecule has 0 amide bonds. The van der Waals surface area contributed by atoms with Crippen LogP contribution >= 0.6 is 11.3 Å². The van der Waals surface area contributed by atoms with Gasteiger partial charge < -0.3 is 10.3 Å². The highest BCUT2D eigenvalue weighted by Crippen LogP contribution is 2.43. The Kier molecular flexibility index (Phi) is 3.02. The van der Waals surface area contributed by atoms with Gasteiger partial charge in [0, 0.05) is 10.9 Å². The Hall–Kier alpha value is -1.36. The zero-order chi connectivity index (χ0) is 13.5. The van der Waals surface area contributed by atoms with Crippen molar-refractivity contribution < 1.29 is 0 Å². The standard InChI is InChI=1S/C15H20N4S/c16-14-13(11-7-4-8-12(11)20-14)15-18-17-9-19(15)10-5-2-1-3-6-10/h9-10H,1-8,16H2. The zero-order valence-corrected chi connectivity index (χ0v) is 12.5. The third kappa shape index (κ3) is 1.87. The molecule has 0 saturated heterocycles. The first-order valence-corrected chi connectivity index (χ1v) is 8.46. The number of aryl methyl sites for hydroxylation is 1. The summed E-state index contributed by atoms with van der Waals surface area (Å²) in [4.78, 5) is 1.47. The van der Waals surface area contributed by atoms with E-state index in [1.165, 1.54) is 60.9 Å². The molecular weight excluding hydrogens is 268 g/mol. The highest BCUT2D eigenvalue weighted by atomic mass is 32.1. The molecule has 4 nitrogen and oxygen atoms in total. The lowest BCUT2D eigenvalue weighted by molar-refractivity contribution is 0.355. The molecule has 0 aromatic carbocycles. The van der Waals surface area contributed by atoms with Crippen molar-refractivity contribution in [3.8, 4) is 11.4 Å². The van der Waals surface area contributed by atoms with Crippen molar-refractivity contribution in [1.82, 2.24) is 14.8 Å². The van der Waals surface area contributed by atoms with Crippen molar-refractivity contribution in [2.45, 2.75) is 57.4 Å². The third-order valence-electron chi connectivity index (χ3n) is 4.71. The van der Waals surface area contributed by atoms with Crippen LogP contribution in [0.5, 0.6) is 0 Å². The predicted octanol–water partition coefficient (Wildman–Crippen LogP) is 3.58. The van der Waals surface area contributed by atoms with E-state index in [0.29, 0.717) is 6.04 Å². The van der Waals surface area contributed by atoms with Gasteiger partial charge in [0.1, 0.15) is 6.33 Å². The molecule has 4 rings (SSSR count). The fraction of sp³-hybridized carbons (Fsp3) is 0.600. The smallest absolute Gasteiger partial charge is 0.167 e. The molecule has 1 saturated carbocycles. The van der Waals surface area contributed by atoms with Crippen LogP contribution in [0.2, 0.25) is 0 Å². The Labute approximate surface area is 123 Å². The number of nitrogen functional groups attached to an aromatic ring is 1. The van der Waals surface area contributed by atoms with Crippen LogP contribution in [0, 0.1) is 0 Å². The number of thiophene rings is 1. The highest BCUT2D eigenvalue weighted by Gasteiger charge is 2.27. The number of hydrogen-bond acceptors (Lipinski definition) is 4. The second-order valence-electron chi connectivity index (χ2n) is 5.95. The van der Waals surface area contributed by atoms with E-state index in [0.717, 1.165) is 17.2 Å². The summed E-state index contributed by atoms with van der Waals surface area (Å²) in [6.45, 7) is 0. The summed E-state index contributed by atoms with van der Waals surface area (Å²) in [6, 6.07) is 0.560. The summed E-state index contributed by atoms with van der Waals surface area (Å²) in [6.07, 6.45) is 12.0. The van der Waals surface area contributed by atoms with Gasteiger partial charge in [-0.05, 0) is 37.7 Å². The normalized spacial score (nSPS) is 19.4. The summed E-state index contributed by atoms with van der Waals surface area (Å²) in [5.41, 5.74) is 8.91. The first kappa shape index (κ1) is 12.4. The minimum Gasteiger partial charge on any atom is -0.390 e. The average Bonchev–Trinajstić information content (AvgIpc) is 3.15. The maximum atomic E-state index is 6.28. The molecule has 0 aliphatic heterocycles. The van der Waals surface area contributed by atoms with E-state index in [4.69, 9.17) is 5.73 Å². The van der Waals surface area contributed by atoms with Crippen molar-refractivity contribution >= 4 is 16.3 Å². The number of rotatable bonds is 2. The van der Waals surface area contributed by atoms with Crippen molar-refractivity contribution in [3.63, 3.8) is 0 Å². The van der Waals surface area contributed by atoms with E-state index in [1.54, 1.807) is 11.3 Å². The fourth-order valence-electron chi connectivity index (χ4n) is 3.72. The van der Waals surface area contributed by atoms with Crippen molar-refractivity contribution in [3.05, 3.63) is 16.8 Å². The monoisotopic (exact) mass is 288 g/mol. The van der Waals surface area contributed by atoms with Crippen LogP contribution in [0.15, 0.2) is 6.33 Å². The summed E-state index contributed by atoms with van der Waals surface area (Å²) in [5.74, 6) is 1.01. The SMILES string of the molecule is Nc1sc2c(c1-c1nncn1C1CCCCC1)CCC2. The molecule has 1 fully saturated rings.